The molecule has 0 bridgehead atoms. The number of carbonyl (C=O) groups is 2. The van der Waals surface area contributed by atoms with E-state index in [0.29, 0.717) is 0 Å². The Bertz CT molecular complexity index is 247. The first-order valence-electron chi connectivity index (χ1n) is 4.89. The minimum absolute atomic E-state index is 0. The lowest BCUT2D eigenvalue weighted by molar-refractivity contribution is -0.148. The summed E-state index contributed by atoms with van der Waals surface area (Å²) in [7, 11) is 1.59. The molecule has 4 atom stereocenters. The molecule has 0 amide bonds. The first kappa shape index (κ1) is 26.4. The molecule has 0 aliphatic heterocycles. The molecular weight excluding hydrogens is 256 g/mol. The predicted octanol–water partition coefficient (Wildman–Crippen LogP) is -0.909. The zero-order valence-corrected chi connectivity index (χ0v) is 9.99. The fraction of sp³-hybridized carbons (Fsp3) is 0.818. The Morgan fingerprint density at radius 3 is 1.37 bits per heavy atom. The molecule has 0 aromatic heterocycles. The minimum Gasteiger partial charge on any atom is -0.479 e. The van der Waals surface area contributed by atoms with Gasteiger partial charge in [-0.05, 0) is 20.9 Å². The number of hydrogen-bond donors (Lipinski definition) is 6. The molecule has 0 aliphatic rings. The van der Waals surface area contributed by atoms with Crippen LogP contribution in [0.25, 0.3) is 0 Å². The standard InChI is InChI=1S/C5H11NO3.C4H9NO3.2CH4/c1-3(6-2)4(7)5(8)9;1-2(5)3(6)4(7)8;;/h3-4,6-7H,1-2H3,(H,8,9);2-3,6H,5H2,1H3,(H,7,8);2*1H4/t3-,4+;2-,3+;;/m00../s1. The zero-order valence-electron chi connectivity index (χ0n) is 9.99. The third-order valence-electron chi connectivity index (χ3n) is 1.93. The summed E-state index contributed by atoms with van der Waals surface area (Å²) in [5, 5.41) is 36.0. The third kappa shape index (κ3) is 13.0. The van der Waals surface area contributed by atoms with Crippen molar-refractivity contribution < 1.29 is 30.0 Å². The van der Waals surface area contributed by atoms with Crippen LogP contribution in [0.1, 0.15) is 28.7 Å². The molecule has 0 heterocycles. The van der Waals surface area contributed by atoms with Gasteiger partial charge in [0.25, 0.3) is 0 Å². The number of nitrogens with two attached hydrogens (primary N) is 1. The summed E-state index contributed by atoms with van der Waals surface area (Å²) in [4.78, 5) is 19.8. The SMILES string of the molecule is C.C.CN[C@@H](C)[C@@H](O)C(=O)O.C[C@H](N)[C@@H](O)C(=O)O. The smallest absolute Gasteiger partial charge is 0.334 e. The quantitative estimate of drug-likeness (QED) is 0.379. The van der Waals surface area contributed by atoms with Crippen LogP contribution in [0.3, 0.4) is 0 Å². The van der Waals surface area contributed by atoms with Crippen LogP contribution >= 0.6 is 0 Å². The normalized spacial score (nSPS) is 15.3. The van der Waals surface area contributed by atoms with Crippen LogP contribution in [0.5, 0.6) is 0 Å². The molecule has 0 saturated carbocycles. The van der Waals surface area contributed by atoms with Gasteiger partial charge in [0.15, 0.2) is 12.2 Å². The number of aliphatic carboxylic acids is 2. The zero-order chi connectivity index (χ0) is 14.2. The van der Waals surface area contributed by atoms with Crippen molar-refractivity contribution in [1.29, 1.82) is 0 Å². The molecule has 0 spiro atoms. The molecule has 0 fully saturated rings. The maximum absolute atomic E-state index is 10.0. The Hall–Kier alpha value is -1.22. The highest BCUT2D eigenvalue weighted by Crippen LogP contribution is 1.89. The predicted molar refractivity (Wildman–Crippen MR) is 72.9 cm³/mol. The monoisotopic (exact) mass is 284 g/mol. The molecule has 19 heavy (non-hydrogen) atoms. The van der Waals surface area contributed by atoms with Gasteiger partial charge in [-0.1, -0.05) is 14.9 Å². The molecule has 8 nitrogen and oxygen atoms in total. The van der Waals surface area contributed by atoms with Crippen LogP contribution in [0.15, 0.2) is 0 Å². The number of likely N-dealkylation sites (N-methyl/N-ethyl adjacent to an activating group) is 1. The van der Waals surface area contributed by atoms with E-state index in [1.54, 1.807) is 14.0 Å². The lowest BCUT2D eigenvalue weighted by Gasteiger charge is -2.12. The Morgan fingerprint density at radius 1 is 1.00 bits per heavy atom. The van der Waals surface area contributed by atoms with Crippen LogP contribution in [0, 0.1) is 0 Å². The second kappa shape index (κ2) is 13.2. The molecule has 0 aromatic carbocycles. The number of aliphatic hydroxyl groups excluding tert-OH is 2. The van der Waals surface area contributed by atoms with Crippen molar-refractivity contribution in [1.82, 2.24) is 5.32 Å². The van der Waals surface area contributed by atoms with Gasteiger partial charge in [-0.3, -0.25) is 0 Å². The highest BCUT2D eigenvalue weighted by molar-refractivity contribution is 5.73. The summed E-state index contributed by atoms with van der Waals surface area (Å²) in [6.45, 7) is 3.03. The van der Waals surface area contributed by atoms with E-state index in [2.05, 4.69) is 5.32 Å². The number of rotatable bonds is 5. The largest absolute Gasteiger partial charge is 0.479 e. The third-order valence-corrected chi connectivity index (χ3v) is 1.93. The fourth-order valence-electron chi connectivity index (χ4n) is 0.597. The molecule has 118 valence electrons. The van der Waals surface area contributed by atoms with E-state index >= 15 is 0 Å². The van der Waals surface area contributed by atoms with Crippen LogP contribution < -0.4 is 11.1 Å². The number of hydrogen-bond acceptors (Lipinski definition) is 6. The second-order valence-corrected chi connectivity index (χ2v) is 3.50. The number of aliphatic hydroxyl groups is 2. The first-order chi connectivity index (χ1) is 7.64. The average molecular weight is 284 g/mol. The maximum Gasteiger partial charge on any atom is 0.334 e. The molecule has 0 saturated heterocycles. The van der Waals surface area contributed by atoms with E-state index in [1.807, 2.05) is 0 Å². The molecule has 8 heteroatoms. The second-order valence-electron chi connectivity index (χ2n) is 3.50. The Balaban J connectivity index is -0.000000108. The lowest BCUT2D eigenvalue weighted by Crippen LogP contribution is -2.40. The molecule has 7 N–H and O–H groups in total. The van der Waals surface area contributed by atoms with E-state index < -0.39 is 36.2 Å². The molecule has 0 unspecified atom stereocenters. The molecule has 0 radical (unpaired) electrons. The van der Waals surface area contributed by atoms with Crippen molar-refractivity contribution in [3.8, 4) is 0 Å². The molecule has 0 aromatic rings. The van der Waals surface area contributed by atoms with Crippen molar-refractivity contribution in [2.45, 2.75) is 53.0 Å². The van der Waals surface area contributed by atoms with Gasteiger partial charge in [0.2, 0.25) is 0 Å². The fourth-order valence-corrected chi connectivity index (χ4v) is 0.597. The van der Waals surface area contributed by atoms with E-state index in [0.717, 1.165) is 0 Å². The van der Waals surface area contributed by atoms with Crippen LogP contribution in [0.2, 0.25) is 0 Å². The summed E-state index contributed by atoms with van der Waals surface area (Å²) in [5.74, 6) is -2.48. The van der Waals surface area contributed by atoms with Gasteiger partial charge >= 0.3 is 11.9 Å². The van der Waals surface area contributed by atoms with E-state index in [9.17, 15) is 9.59 Å². The van der Waals surface area contributed by atoms with Gasteiger partial charge in [0, 0.05) is 12.1 Å². The molecular formula is C11H28N2O6. The minimum atomic E-state index is -1.44. The van der Waals surface area contributed by atoms with Gasteiger partial charge in [-0.15, -0.1) is 0 Å². The van der Waals surface area contributed by atoms with Crippen molar-refractivity contribution >= 4 is 11.9 Å². The van der Waals surface area contributed by atoms with Crippen molar-refractivity contribution in [3.05, 3.63) is 0 Å². The number of carboxylic acid groups (broad SMARTS) is 2. The average Bonchev–Trinajstić information content (AvgIpc) is 2.26. The van der Waals surface area contributed by atoms with Crippen molar-refractivity contribution in [3.63, 3.8) is 0 Å². The van der Waals surface area contributed by atoms with Crippen LogP contribution in [-0.4, -0.2) is 63.7 Å². The van der Waals surface area contributed by atoms with E-state index in [1.165, 1.54) is 6.92 Å². The summed E-state index contributed by atoms with van der Waals surface area (Å²) in [5.41, 5.74) is 5.01. The van der Waals surface area contributed by atoms with Gasteiger partial charge < -0.3 is 31.5 Å². The first-order valence-corrected chi connectivity index (χ1v) is 4.89. The number of nitrogens with one attached hydrogen (secondary N) is 1. The van der Waals surface area contributed by atoms with E-state index in [-0.39, 0.29) is 14.9 Å². The Labute approximate surface area is 114 Å². The summed E-state index contributed by atoms with van der Waals surface area (Å²) < 4.78 is 0. The van der Waals surface area contributed by atoms with Gasteiger partial charge in [0.1, 0.15) is 0 Å². The Morgan fingerprint density at radius 2 is 1.32 bits per heavy atom. The molecule has 0 aliphatic carbocycles. The summed E-state index contributed by atoms with van der Waals surface area (Å²) in [6.07, 6.45) is -2.75. The summed E-state index contributed by atoms with van der Waals surface area (Å²) in [6, 6.07) is -1.10. The van der Waals surface area contributed by atoms with Crippen molar-refractivity contribution in [2.24, 2.45) is 5.73 Å². The summed E-state index contributed by atoms with van der Waals surface area (Å²) >= 11 is 0. The number of carboxylic acids is 2. The van der Waals surface area contributed by atoms with Crippen LogP contribution in [0.4, 0.5) is 0 Å². The lowest BCUT2D eigenvalue weighted by atomic mass is 10.2. The van der Waals surface area contributed by atoms with E-state index in [4.69, 9.17) is 26.2 Å². The van der Waals surface area contributed by atoms with Crippen LogP contribution in [-0.2, 0) is 9.59 Å². The van der Waals surface area contributed by atoms with Gasteiger partial charge in [-0.2, -0.15) is 0 Å². The highest BCUT2D eigenvalue weighted by atomic mass is 16.4. The van der Waals surface area contributed by atoms with Gasteiger partial charge in [-0.25, -0.2) is 9.59 Å². The van der Waals surface area contributed by atoms with Crippen molar-refractivity contribution in [2.75, 3.05) is 7.05 Å². The Kier molecular flexibility index (Phi) is 18.3. The van der Waals surface area contributed by atoms with Gasteiger partial charge in [0.05, 0.1) is 0 Å². The maximum atomic E-state index is 10.0. The topological polar surface area (TPSA) is 153 Å². The highest BCUT2D eigenvalue weighted by Gasteiger charge is 2.19. The molecule has 0 rings (SSSR count).